The van der Waals surface area contributed by atoms with E-state index in [0.29, 0.717) is 69.9 Å². The third-order valence-electron chi connectivity index (χ3n) is 6.06. The number of ketones is 1. The van der Waals surface area contributed by atoms with Gasteiger partial charge in [0, 0.05) is 29.2 Å². The number of benzene rings is 3. The minimum atomic E-state index is -0.204. The van der Waals surface area contributed by atoms with Crippen molar-refractivity contribution in [3.8, 4) is 17.2 Å². The van der Waals surface area contributed by atoms with Gasteiger partial charge in [-0.3, -0.25) is 9.69 Å². The van der Waals surface area contributed by atoms with Crippen molar-refractivity contribution >= 4 is 46.7 Å². The lowest BCUT2D eigenvalue weighted by atomic mass is 10.0. The fourth-order valence-corrected chi connectivity index (χ4v) is 5.03. The number of allylic oxidation sites excluding steroid dienone is 1. The fourth-order valence-electron chi connectivity index (χ4n) is 4.46. The van der Waals surface area contributed by atoms with Gasteiger partial charge in [0.15, 0.2) is 12.6 Å². The second-order valence-electron chi connectivity index (χ2n) is 8.46. The Morgan fingerprint density at radius 2 is 1.86 bits per heavy atom. The summed E-state index contributed by atoms with van der Waals surface area (Å²) in [4.78, 5) is 15.3. The lowest BCUT2D eigenvalue weighted by Gasteiger charge is -2.29. The van der Waals surface area contributed by atoms with Crippen molar-refractivity contribution < 1.29 is 23.7 Å². The second-order valence-corrected chi connectivity index (χ2v) is 9.71. The van der Waals surface area contributed by atoms with Crippen LogP contribution >= 0.6 is 34.8 Å². The number of halogens is 3. The molecule has 0 saturated carbocycles. The first-order valence-electron chi connectivity index (χ1n) is 10.9. The zero-order valence-corrected chi connectivity index (χ0v) is 20.5. The first-order valence-corrected chi connectivity index (χ1v) is 12.0. The van der Waals surface area contributed by atoms with Crippen molar-refractivity contribution in [2.75, 3.05) is 13.5 Å². The van der Waals surface area contributed by atoms with Crippen LogP contribution in [0, 0.1) is 0 Å². The summed E-state index contributed by atoms with van der Waals surface area (Å²) >= 11 is 18.5. The highest BCUT2D eigenvalue weighted by molar-refractivity contribution is 6.42. The average molecular weight is 531 g/mol. The maximum atomic E-state index is 13.2. The van der Waals surface area contributed by atoms with Crippen molar-refractivity contribution in [2.24, 2.45) is 0 Å². The summed E-state index contributed by atoms with van der Waals surface area (Å²) in [6, 6.07) is 12.6. The molecule has 3 aliphatic rings. The number of ether oxygens (including phenoxy) is 4. The van der Waals surface area contributed by atoms with Crippen LogP contribution in [0.5, 0.6) is 17.2 Å². The summed E-state index contributed by atoms with van der Waals surface area (Å²) in [5.74, 6) is 1.85. The van der Waals surface area contributed by atoms with Gasteiger partial charge in [-0.15, -0.1) is 0 Å². The lowest BCUT2D eigenvalue weighted by Crippen LogP contribution is -2.31. The molecule has 3 aromatic rings. The van der Waals surface area contributed by atoms with Crippen molar-refractivity contribution in [1.82, 2.24) is 4.90 Å². The molecule has 9 heteroatoms. The zero-order valence-electron chi connectivity index (χ0n) is 18.3. The van der Waals surface area contributed by atoms with Gasteiger partial charge in [-0.05, 0) is 48.0 Å². The van der Waals surface area contributed by atoms with Crippen LogP contribution < -0.4 is 14.2 Å². The molecule has 3 aromatic carbocycles. The molecular formula is C26H18Cl3NO5. The van der Waals surface area contributed by atoms with Crippen molar-refractivity contribution in [3.05, 3.63) is 91.1 Å². The predicted octanol–water partition coefficient (Wildman–Crippen LogP) is 6.48. The van der Waals surface area contributed by atoms with E-state index in [2.05, 4.69) is 4.90 Å². The average Bonchev–Trinajstić information content (AvgIpc) is 3.17. The van der Waals surface area contributed by atoms with E-state index in [-0.39, 0.29) is 18.3 Å². The van der Waals surface area contributed by atoms with Crippen molar-refractivity contribution in [3.63, 3.8) is 0 Å². The van der Waals surface area contributed by atoms with E-state index in [1.54, 1.807) is 30.3 Å². The first-order chi connectivity index (χ1) is 17.0. The number of hydrogen-bond donors (Lipinski definition) is 0. The number of fused-ring (bicyclic) bond motifs is 4. The topological polar surface area (TPSA) is 57.2 Å². The normalized spacial score (nSPS) is 17.8. The van der Waals surface area contributed by atoms with E-state index in [0.717, 1.165) is 16.7 Å². The number of nitrogens with zero attached hydrogens (tertiary/aromatic N) is 1. The Labute approximate surface area is 216 Å². The van der Waals surface area contributed by atoms with E-state index >= 15 is 0 Å². The molecule has 0 aliphatic carbocycles. The summed E-state index contributed by atoms with van der Waals surface area (Å²) in [5, 5.41) is 1.54. The summed E-state index contributed by atoms with van der Waals surface area (Å²) in [7, 11) is 0. The summed E-state index contributed by atoms with van der Waals surface area (Å²) in [6.07, 6.45) is 1.67. The largest absolute Gasteiger partial charge is 0.478 e. The van der Waals surface area contributed by atoms with Crippen LogP contribution in [0.25, 0.3) is 6.08 Å². The first kappa shape index (κ1) is 22.7. The highest BCUT2D eigenvalue weighted by Crippen LogP contribution is 2.43. The molecule has 0 saturated heterocycles. The lowest BCUT2D eigenvalue weighted by molar-refractivity contribution is -0.0165. The van der Waals surface area contributed by atoms with E-state index in [1.165, 1.54) is 0 Å². The van der Waals surface area contributed by atoms with Crippen molar-refractivity contribution in [1.29, 1.82) is 0 Å². The zero-order chi connectivity index (χ0) is 24.1. The maximum absolute atomic E-state index is 13.2. The van der Waals surface area contributed by atoms with E-state index in [1.807, 2.05) is 18.2 Å². The number of carbonyl (C=O) groups excluding carboxylic acids is 1. The van der Waals surface area contributed by atoms with E-state index < -0.39 is 0 Å². The third-order valence-corrected chi connectivity index (χ3v) is 7.02. The molecule has 6 nitrogen and oxygen atoms in total. The molecule has 0 amide bonds. The molecule has 0 spiro atoms. The van der Waals surface area contributed by atoms with Crippen LogP contribution in [0.1, 0.15) is 32.6 Å². The molecule has 0 bridgehead atoms. The van der Waals surface area contributed by atoms with Crippen LogP contribution in [0.2, 0.25) is 15.1 Å². The second kappa shape index (κ2) is 9.04. The van der Waals surface area contributed by atoms with Crippen LogP contribution in [-0.4, -0.2) is 24.2 Å². The molecule has 0 unspecified atom stereocenters. The Balaban J connectivity index is 1.30. The summed E-state index contributed by atoms with van der Waals surface area (Å²) in [6.45, 7) is 2.08. The summed E-state index contributed by atoms with van der Waals surface area (Å²) < 4.78 is 23.1. The molecule has 6 rings (SSSR count). The fraction of sp³-hybridized carbons (Fsp3) is 0.192. The Morgan fingerprint density at radius 3 is 2.71 bits per heavy atom. The van der Waals surface area contributed by atoms with Gasteiger partial charge in [0.25, 0.3) is 0 Å². The van der Waals surface area contributed by atoms with Gasteiger partial charge < -0.3 is 18.9 Å². The standard InChI is InChI=1S/C26H18Cl3NO5/c27-17-6-15(25-16(7-17)11-32-13-34-25)8-23-24(31)18-2-4-22-19(26(18)35-23)10-30(12-33-22)9-14-1-3-20(28)21(29)5-14/h1-8H,9-13H2/b23-8-. The van der Waals surface area contributed by atoms with Crippen molar-refractivity contribution in [2.45, 2.75) is 19.7 Å². The minimum Gasteiger partial charge on any atom is -0.478 e. The van der Waals surface area contributed by atoms with Crippen LogP contribution in [0.3, 0.4) is 0 Å². The van der Waals surface area contributed by atoms with Gasteiger partial charge in [0.2, 0.25) is 5.78 Å². The minimum absolute atomic E-state index is 0.138. The molecule has 3 heterocycles. The van der Waals surface area contributed by atoms with Gasteiger partial charge in [-0.2, -0.15) is 0 Å². The molecule has 0 radical (unpaired) electrons. The molecule has 0 fully saturated rings. The number of rotatable bonds is 3. The maximum Gasteiger partial charge on any atom is 0.231 e. The Kier molecular flexibility index (Phi) is 5.87. The van der Waals surface area contributed by atoms with Gasteiger partial charge in [-0.1, -0.05) is 40.9 Å². The van der Waals surface area contributed by atoms with Crippen LogP contribution in [-0.2, 0) is 24.4 Å². The Bertz CT molecular complexity index is 1400. The number of hydrogen-bond acceptors (Lipinski definition) is 6. The monoisotopic (exact) mass is 529 g/mol. The van der Waals surface area contributed by atoms with Gasteiger partial charge in [0.1, 0.15) is 24.0 Å². The SMILES string of the molecule is O=C1/C(=C/c2cc(Cl)cc3c2OCOC3)Oc2c1ccc1c2CN(Cc2ccc(Cl)c(Cl)c2)CO1. The number of Topliss-reactive ketones (excluding diaryl/α,β-unsaturated/α-hetero) is 1. The van der Waals surface area contributed by atoms with Crippen LogP contribution in [0.4, 0.5) is 0 Å². The molecule has 0 N–H and O–H groups in total. The summed E-state index contributed by atoms with van der Waals surface area (Å²) in [5.41, 5.74) is 3.81. The molecular weight excluding hydrogens is 513 g/mol. The quantitative estimate of drug-likeness (QED) is 0.361. The Hall–Kier alpha value is -2.74. The molecule has 3 aliphatic heterocycles. The van der Waals surface area contributed by atoms with E-state index in [4.69, 9.17) is 53.8 Å². The van der Waals surface area contributed by atoms with Crippen LogP contribution in [0.15, 0.2) is 48.2 Å². The molecule has 0 aromatic heterocycles. The predicted molar refractivity (Wildman–Crippen MR) is 132 cm³/mol. The third kappa shape index (κ3) is 4.26. The highest BCUT2D eigenvalue weighted by Gasteiger charge is 2.34. The molecule has 35 heavy (non-hydrogen) atoms. The molecule has 0 atom stereocenters. The molecule has 178 valence electrons. The van der Waals surface area contributed by atoms with Gasteiger partial charge in [0.05, 0.1) is 27.8 Å². The van der Waals surface area contributed by atoms with Gasteiger partial charge in [-0.25, -0.2) is 0 Å². The van der Waals surface area contributed by atoms with E-state index in [9.17, 15) is 4.79 Å². The van der Waals surface area contributed by atoms with Gasteiger partial charge >= 0.3 is 0 Å². The highest BCUT2D eigenvalue weighted by atomic mass is 35.5. The smallest absolute Gasteiger partial charge is 0.231 e. The number of carbonyl (C=O) groups is 1. The Morgan fingerprint density at radius 1 is 0.971 bits per heavy atom.